The van der Waals surface area contributed by atoms with E-state index < -0.39 is 5.69 Å². The lowest BCUT2D eigenvalue weighted by Gasteiger charge is -2.06. The number of hydrogen-bond donors (Lipinski definition) is 1. The van der Waals surface area contributed by atoms with Crippen LogP contribution < -0.4 is 16.7 Å². The zero-order valence-electron chi connectivity index (χ0n) is 9.71. The van der Waals surface area contributed by atoms with E-state index in [0.717, 1.165) is 5.56 Å². The summed E-state index contributed by atoms with van der Waals surface area (Å²) in [5.41, 5.74) is 0.820. The number of H-pyrrole nitrogens is 1. The van der Waals surface area contributed by atoms with Crippen molar-refractivity contribution in [2.75, 3.05) is 0 Å². The van der Waals surface area contributed by atoms with Crippen LogP contribution in [0.4, 0.5) is 5.69 Å². The number of benzene rings is 1. The molecule has 2 aromatic rings. The second kappa shape index (κ2) is 4.83. The van der Waals surface area contributed by atoms with E-state index in [2.05, 4.69) is 10.2 Å². The third kappa shape index (κ3) is 2.45. The van der Waals surface area contributed by atoms with Gasteiger partial charge in [-0.3, -0.25) is 14.3 Å². The summed E-state index contributed by atoms with van der Waals surface area (Å²) in [5, 5.41) is 2.80. The lowest BCUT2D eigenvalue weighted by molar-refractivity contribution is 0.726. The minimum Gasteiger partial charge on any atom is -0.297 e. The molecule has 7 heteroatoms. The van der Waals surface area contributed by atoms with Gasteiger partial charge in [0.15, 0.2) is 0 Å². The molecule has 0 aliphatic heterocycles. The molecule has 0 amide bonds. The Morgan fingerprint density at radius 3 is 2.50 bits per heavy atom. The van der Waals surface area contributed by atoms with Gasteiger partial charge in [0, 0.05) is 6.20 Å². The summed E-state index contributed by atoms with van der Waals surface area (Å²) in [7, 11) is 1.63. The predicted molar refractivity (Wildman–Crippen MR) is 70.5 cm³/mol. The molecule has 0 spiro atoms. The van der Waals surface area contributed by atoms with Gasteiger partial charge in [0.1, 0.15) is 13.5 Å². The van der Waals surface area contributed by atoms with Crippen LogP contribution in [0.3, 0.4) is 0 Å². The Hall–Kier alpha value is -2.44. The molecule has 90 valence electrons. The second-order valence-electron chi connectivity index (χ2n) is 3.96. The van der Waals surface area contributed by atoms with E-state index in [1.165, 1.54) is 10.8 Å². The van der Waals surface area contributed by atoms with E-state index in [4.69, 9.17) is 0 Å². The molecular weight excluding hydrogens is 233 g/mol. The molecule has 1 aromatic carbocycles. The molecule has 1 heterocycles. The first-order valence-corrected chi connectivity index (χ1v) is 5.33. The Morgan fingerprint density at radius 1 is 1.22 bits per heavy atom. The third-order valence-corrected chi connectivity index (χ3v) is 2.58. The van der Waals surface area contributed by atoms with Gasteiger partial charge in [-0.2, -0.15) is 0 Å². The van der Waals surface area contributed by atoms with Crippen molar-refractivity contribution in [3.63, 3.8) is 0 Å². The summed E-state index contributed by atoms with van der Waals surface area (Å²) in [5.74, 6) is 0. The average Bonchev–Trinajstić information content (AvgIpc) is 2.37. The van der Waals surface area contributed by atoms with Crippen LogP contribution in [0.5, 0.6) is 0 Å². The number of rotatable bonds is 3. The summed E-state index contributed by atoms with van der Waals surface area (Å²) >= 11 is 0. The fourth-order valence-corrected chi connectivity index (χ4v) is 1.59. The van der Waals surface area contributed by atoms with Crippen molar-refractivity contribution in [2.24, 2.45) is 5.18 Å². The van der Waals surface area contributed by atoms with Crippen molar-refractivity contribution in [1.82, 2.24) is 9.55 Å². The van der Waals surface area contributed by atoms with Crippen LogP contribution >= 0.6 is 0 Å². The Labute approximate surface area is 103 Å². The lowest BCUT2D eigenvalue weighted by atomic mass is 10.0. The van der Waals surface area contributed by atoms with Gasteiger partial charge < -0.3 is 0 Å². The number of nitrogens with zero attached hydrogens (tertiary/aromatic N) is 2. The molecule has 0 radical (unpaired) electrons. The molecule has 0 atom stereocenters. The zero-order valence-corrected chi connectivity index (χ0v) is 9.71. The van der Waals surface area contributed by atoms with Gasteiger partial charge >= 0.3 is 5.69 Å². The molecule has 0 saturated carbocycles. The van der Waals surface area contributed by atoms with Crippen molar-refractivity contribution in [1.29, 1.82) is 0 Å². The van der Waals surface area contributed by atoms with E-state index in [0.29, 0.717) is 17.7 Å². The van der Waals surface area contributed by atoms with E-state index >= 15 is 0 Å². The maximum absolute atomic E-state index is 11.6. The SMILES string of the molecule is Bc1cn(Cc2ccc(N=O)cc2)c(=O)[nH]c1=O. The Kier molecular flexibility index (Phi) is 3.23. The van der Waals surface area contributed by atoms with Crippen LogP contribution in [0.25, 0.3) is 0 Å². The molecule has 0 unspecified atom stereocenters. The summed E-state index contributed by atoms with van der Waals surface area (Å²) in [4.78, 5) is 35.3. The van der Waals surface area contributed by atoms with Crippen LogP contribution in [0.15, 0.2) is 45.2 Å². The van der Waals surface area contributed by atoms with Crippen LogP contribution in [0, 0.1) is 4.91 Å². The van der Waals surface area contributed by atoms with Gasteiger partial charge in [0.25, 0.3) is 0 Å². The maximum Gasteiger partial charge on any atom is 0.328 e. The van der Waals surface area contributed by atoms with Crippen molar-refractivity contribution < 1.29 is 0 Å². The fraction of sp³-hybridized carbons (Fsp3) is 0.0909. The minimum absolute atomic E-state index is 0.329. The van der Waals surface area contributed by atoms with E-state index in [1.807, 2.05) is 0 Å². The Bertz CT molecular complexity index is 688. The van der Waals surface area contributed by atoms with Gasteiger partial charge in [0.2, 0.25) is 5.56 Å². The molecule has 0 aliphatic rings. The normalized spacial score (nSPS) is 10.2. The smallest absolute Gasteiger partial charge is 0.297 e. The molecule has 0 bridgehead atoms. The monoisotopic (exact) mass is 243 g/mol. The van der Waals surface area contributed by atoms with Gasteiger partial charge in [-0.15, -0.1) is 4.91 Å². The standard InChI is InChI=1S/C11H10BN3O3/c12-9-6-15(11(17)13-10(9)16)5-7-1-3-8(14-18)4-2-7/h1-4,6H,5,12H2,(H,13,16,17). The highest BCUT2D eigenvalue weighted by molar-refractivity contribution is 6.31. The number of aromatic nitrogens is 2. The molecule has 6 nitrogen and oxygen atoms in total. The molecule has 1 aromatic heterocycles. The molecule has 0 aliphatic carbocycles. The van der Waals surface area contributed by atoms with E-state index in [9.17, 15) is 14.5 Å². The Morgan fingerprint density at radius 2 is 1.89 bits per heavy atom. The summed E-state index contributed by atoms with van der Waals surface area (Å²) in [6, 6.07) is 6.57. The van der Waals surface area contributed by atoms with Crippen molar-refractivity contribution in [2.45, 2.75) is 6.54 Å². The maximum atomic E-state index is 11.6. The number of aromatic amines is 1. The first-order chi connectivity index (χ1) is 8.60. The predicted octanol–water partition coefficient (Wildman–Crippen LogP) is -0.759. The quantitative estimate of drug-likeness (QED) is 0.568. The Balaban J connectivity index is 2.33. The van der Waals surface area contributed by atoms with Gasteiger partial charge in [-0.25, -0.2) is 4.79 Å². The summed E-state index contributed by atoms with van der Waals surface area (Å²) in [6.07, 6.45) is 1.51. The number of nitroso groups, excluding NO2 is 1. The summed E-state index contributed by atoms with van der Waals surface area (Å²) < 4.78 is 1.40. The molecule has 18 heavy (non-hydrogen) atoms. The average molecular weight is 243 g/mol. The van der Waals surface area contributed by atoms with Crippen LogP contribution in [0.1, 0.15) is 5.56 Å². The fourth-order valence-electron chi connectivity index (χ4n) is 1.59. The third-order valence-electron chi connectivity index (χ3n) is 2.58. The molecule has 0 fully saturated rings. The van der Waals surface area contributed by atoms with E-state index in [-0.39, 0.29) is 5.56 Å². The highest BCUT2D eigenvalue weighted by Gasteiger charge is 2.02. The molecule has 1 N–H and O–H groups in total. The lowest BCUT2D eigenvalue weighted by Crippen LogP contribution is -2.39. The zero-order chi connectivity index (χ0) is 13.1. The highest BCUT2D eigenvalue weighted by Crippen LogP contribution is 2.12. The minimum atomic E-state index is -0.455. The van der Waals surface area contributed by atoms with Gasteiger partial charge in [-0.05, 0) is 28.3 Å². The van der Waals surface area contributed by atoms with Crippen molar-refractivity contribution in [3.8, 4) is 0 Å². The molecular formula is C11H10BN3O3. The van der Waals surface area contributed by atoms with Crippen LogP contribution in [-0.4, -0.2) is 17.4 Å². The topological polar surface area (TPSA) is 84.3 Å². The van der Waals surface area contributed by atoms with Gasteiger partial charge in [0.05, 0.1) is 6.54 Å². The first kappa shape index (κ1) is 12.0. The van der Waals surface area contributed by atoms with Crippen LogP contribution in [-0.2, 0) is 6.54 Å². The number of hydrogen-bond acceptors (Lipinski definition) is 4. The number of nitrogens with one attached hydrogen (secondary N) is 1. The van der Waals surface area contributed by atoms with Crippen molar-refractivity contribution in [3.05, 3.63) is 61.8 Å². The van der Waals surface area contributed by atoms with Crippen LogP contribution in [0.2, 0.25) is 0 Å². The van der Waals surface area contributed by atoms with Crippen molar-refractivity contribution >= 4 is 19.0 Å². The first-order valence-electron chi connectivity index (χ1n) is 5.33. The molecule has 0 saturated heterocycles. The largest absolute Gasteiger partial charge is 0.328 e. The second-order valence-corrected chi connectivity index (χ2v) is 3.96. The van der Waals surface area contributed by atoms with E-state index in [1.54, 1.807) is 32.1 Å². The molecule has 2 rings (SSSR count). The van der Waals surface area contributed by atoms with Gasteiger partial charge in [-0.1, -0.05) is 12.1 Å². The summed E-state index contributed by atoms with van der Waals surface area (Å²) in [6.45, 7) is 0.329. The highest BCUT2D eigenvalue weighted by atomic mass is 16.3.